The van der Waals surface area contributed by atoms with E-state index in [2.05, 4.69) is 5.32 Å². The van der Waals surface area contributed by atoms with Crippen LogP contribution in [-0.2, 0) is 4.74 Å². The van der Waals surface area contributed by atoms with Crippen LogP contribution in [0.5, 0.6) is 0 Å². The molecule has 2 aromatic carbocycles. The van der Waals surface area contributed by atoms with E-state index in [9.17, 15) is 9.18 Å². The maximum Gasteiger partial charge on any atom is 0.340 e. The number of nitrogens with one attached hydrogen (secondary N) is 1. The molecule has 2 rings (SSSR count). The van der Waals surface area contributed by atoms with Gasteiger partial charge in [0.25, 0.3) is 0 Å². The number of methoxy groups -OCH3 is 1. The number of anilines is 3. The van der Waals surface area contributed by atoms with Crippen molar-refractivity contribution in [2.75, 3.05) is 18.2 Å². The van der Waals surface area contributed by atoms with Crippen LogP contribution in [0.2, 0.25) is 0 Å². The lowest BCUT2D eigenvalue weighted by Gasteiger charge is -2.12. The van der Waals surface area contributed by atoms with E-state index in [0.717, 1.165) is 5.56 Å². The first kappa shape index (κ1) is 14.8. The Morgan fingerprint density at radius 1 is 1.14 bits per heavy atom. The molecule has 21 heavy (non-hydrogen) atoms. The van der Waals surface area contributed by atoms with Crippen LogP contribution in [0.15, 0.2) is 30.3 Å². The highest BCUT2D eigenvalue weighted by Gasteiger charge is 2.13. The molecule has 0 spiro atoms. The number of esters is 1. The molecule has 0 aromatic heterocycles. The summed E-state index contributed by atoms with van der Waals surface area (Å²) in [5, 5.41) is 3.06. The molecule has 0 atom stereocenters. The normalized spacial score (nSPS) is 10.3. The van der Waals surface area contributed by atoms with Gasteiger partial charge >= 0.3 is 5.97 Å². The SMILES string of the molecule is COC(=O)c1cc(Nc2ccc(C)c(F)c2)cc(C)c1N. The van der Waals surface area contributed by atoms with Gasteiger partial charge in [-0.15, -0.1) is 0 Å². The molecule has 110 valence electrons. The zero-order valence-corrected chi connectivity index (χ0v) is 12.2. The highest BCUT2D eigenvalue weighted by Crippen LogP contribution is 2.26. The average molecular weight is 288 g/mol. The predicted molar refractivity (Wildman–Crippen MR) is 81.4 cm³/mol. The predicted octanol–water partition coefficient (Wildman–Crippen LogP) is 3.55. The number of aryl methyl sites for hydroxylation is 2. The molecule has 0 fully saturated rings. The second kappa shape index (κ2) is 5.83. The minimum Gasteiger partial charge on any atom is -0.465 e. The molecule has 0 amide bonds. The van der Waals surface area contributed by atoms with E-state index in [0.29, 0.717) is 22.6 Å². The number of hydrogen-bond acceptors (Lipinski definition) is 4. The van der Waals surface area contributed by atoms with Gasteiger partial charge in [0.1, 0.15) is 5.82 Å². The van der Waals surface area contributed by atoms with Crippen LogP contribution in [0.1, 0.15) is 21.5 Å². The molecule has 5 heteroatoms. The molecular weight excluding hydrogens is 271 g/mol. The molecule has 0 heterocycles. The Morgan fingerprint density at radius 2 is 1.86 bits per heavy atom. The fourth-order valence-electron chi connectivity index (χ4n) is 1.99. The zero-order valence-electron chi connectivity index (χ0n) is 12.2. The maximum atomic E-state index is 13.6. The quantitative estimate of drug-likeness (QED) is 0.669. The van der Waals surface area contributed by atoms with Gasteiger partial charge in [-0.05, 0) is 49.2 Å². The summed E-state index contributed by atoms with van der Waals surface area (Å²) in [4.78, 5) is 11.7. The van der Waals surface area contributed by atoms with E-state index in [1.165, 1.54) is 13.2 Å². The third-order valence-corrected chi connectivity index (χ3v) is 3.25. The summed E-state index contributed by atoms with van der Waals surface area (Å²) in [7, 11) is 1.30. The second-order valence-corrected chi connectivity index (χ2v) is 4.83. The van der Waals surface area contributed by atoms with Crippen LogP contribution in [0, 0.1) is 19.7 Å². The number of carbonyl (C=O) groups is 1. The van der Waals surface area contributed by atoms with Crippen molar-refractivity contribution in [3.63, 3.8) is 0 Å². The van der Waals surface area contributed by atoms with E-state index in [4.69, 9.17) is 10.5 Å². The average Bonchev–Trinajstić information content (AvgIpc) is 2.45. The molecule has 2 aromatic rings. The van der Waals surface area contributed by atoms with Crippen LogP contribution >= 0.6 is 0 Å². The Balaban J connectivity index is 2.38. The Hall–Kier alpha value is -2.56. The van der Waals surface area contributed by atoms with Crippen molar-refractivity contribution in [1.82, 2.24) is 0 Å². The van der Waals surface area contributed by atoms with Gasteiger partial charge < -0.3 is 15.8 Å². The van der Waals surface area contributed by atoms with E-state index in [1.807, 2.05) is 0 Å². The van der Waals surface area contributed by atoms with Gasteiger partial charge in [0, 0.05) is 17.1 Å². The summed E-state index contributed by atoms with van der Waals surface area (Å²) in [6.07, 6.45) is 0. The summed E-state index contributed by atoms with van der Waals surface area (Å²) in [5.41, 5.74) is 9.10. The molecule has 0 aliphatic carbocycles. The number of benzene rings is 2. The molecule has 0 aliphatic heterocycles. The van der Waals surface area contributed by atoms with Crippen molar-refractivity contribution in [3.05, 3.63) is 52.8 Å². The van der Waals surface area contributed by atoms with Crippen molar-refractivity contribution < 1.29 is 13.9 Å². The second-order valence-electron chi connectivity index (χ2n) is 4.83. The van der Waals surface area contributed by atoms with E-state index in [-0.39, 0.29) is 11.4 Å². The molecule has 4 nitrogen and oxygen atoms in total. The highest BCUT2D eigenvalue weighted by molar-refractivity contribution is 5.97. The van der Waals surface area contributed by atoms with E-state index >= 15 is 0 Å². The van der Waals surface area contributed by atoms with Gasteiger partial charge in [-0.3, -0.25) is 0 Å². The summed E-state index contributed by atoms with van der Waals surface area (Å²) in [6.45, 7) is 3.49. The molecule has 0 saturated heterocycles. The Kier molecular flexibility index (Phi) is 4.12. The fourth-order valence-corrected chi connectivity index (χ4v) is 1.99. The zero-order chi connectivity index (χ0) is 15.6. The number of ether oxygens (including phenoxy) is 1. The van der Waals surface area contributed by atoms with E-state index < -0.39 is 5.97 Å². The smallest absolute Gasteiger partial charge is 0.340 e. The van der Waals surface area contributed by atoms with Crippen molar-refractivity contribution in [2.45, 2.75) is 13.8 Å². The van der Waals surface area contributed by atoms with Crippen molar-refractivity contribution in [3.8, 4) is 0 Å². The topological polar surface area (TPSA) is 64.3 Å². The number of hydrogen-bond donors (Lipinski definition) is 2. The Labute approximate surface area is 122 Å². The fraction of sp³-hybridized carbons (Fsp3) is 0.188. The van der Waals surface area contributed by atoms with Gasteiger partial charge in [-0.1, -0.05) is 6.07 Å². The molecule has 0 aliphatic rings. The van der Waals surface area contributed by atoms with Gasteiger partial charge in [-0.2, -0.15) is 0 Å². The first-order chi connectivity index (χ1) is 9.92. The van der Waals surface area contributed by atoms with Crippen LogP contribution < -0.4 is 11.1 Å². The van der Waals surface area contributed by atoms with Crippen LogP contribution in [-0.4, -0.2) is 13.1 Å². The number of nitrogens with two attached hydrogens (primary N) is 1. The molecule has 0 saturated carbocycles. The molecular formula is C16H17FN2O2. The third-order valence-electron chi connectivity index (χ3n) is 3.25. The van der Waals surface area contributed by atoms with Gasteiger partial charge in [0.15, 0.2) is 0 Å². The highest BCUT2D eigenvalue weighted by atomic mass is 19.1. The molecule has 3 N–H and O–H groups in total. The standard InChI is InChI=1S/C16H17FN2O2/c1-9-4-5-11(8-14(9)17)19-12-6-10(2)15(18)13(7-12)16(20)21-3/h4-8,19H,18H2,1-3H3. The summed E-state index contributed by atoms with van der Waals surface area (Å²) in [5.74, 6) is -0.797. The summed E-state index contributed by atoms with van der Waals surface area (Å²) in [6, 6.07) is 8.23. The molecule has 0 unspecified atom stereocenters. The van der Waals surface area contributed by atoms with E-state index in [1.54, 1.807) is 38.1 Å². The lowest BCUT2D eigenvalue weighted by Crippen LogP contribution is -2.08. The monoisotopic (exact) mass is 288 g/mol. The van der Waals surface area contributed by atoms with Gasteiger partial charge in [0.05, 0.1) is 12.7 Å². The van der Waals surface area contributed by atoms with Gasteiger partial charge in [0.2, 0.25) is 0 Å². The van der Waals surface area contributed by atoms with Gasteiger partial charge in [-0.25, -0.2) is 9.18 Å². The number of nitrogen functional groups attached to an aromatic ring is 1. The first-order valence-corrected chi connectivity index (χ1v) is 6.44. The molecule has 0 radical (unpaired) electrons. The van der Waals surface area contributed by atoms with Crippen LogP contribution in [0.3, 0.4) is 0 Å². The maximum absolute atomic E-state index is 13.6. The van der Waals surface area contributed by atoms with Crippen LogP contribution in [0.4, 0.5) is 21.5 Å². The lowest BCUT2D eigenvalue weighted by atomic mass is 10.1. The Morgan fingerprint density at radius 3 is 2.48 bits per heavy atom. The lowest BCUT2D eigenvalue weighted by molar-refractivity contribution is 0.0602. The minimum atomic E-state index is -0.505. The van der Waals surface area contributed by atoms with Crippen LogP contribution in [0.25, 0.3) is 0 Å². The van der Waals surface area contributed by atoms with Crippen molar-refractivity contribution >= 4 is 23.0 Å². The van der Waals surface area contributed by atoms with Crippen molar-refractivity contribution in [2.24, 2.45) is 0 Å². The number of carbonyl (C=O) groups excluding carboxylic acids is 1. The Bertz CT molecular complexity index is 699. The summed E-state index contributed by atoms with van der Waals surface area (Å²) >= 11 is 0. The number of halogens is 1. The third kappa shape index (κ3) is 3.13. The first-order valence-electron chi connectivity index (χ1n) is 6.44. The molecule has 0 bridgehead atoms. The number of rotatable bonds is 3. The van der Waals surface area contributed by atoms with Crippen molar-refractivity contribution in [1.29, 1.82) is 0 Å². The minimum absolute atomic E-state index is 0.285. The summed E-state index contributed by atoms with van der Waals surface area (Å²) < 4.78 is 18.3. The largest absolute Gasteiger partial charge is 0.465 e.